The Labute approximate surface area is 194 Å². The third kappa shape index (κ3) is 6.92. The predicted molar refractivity (Wildman–Crippen MR) is 122 cm³/mol. The Hall–Kier alpha value is -3.13. The van der Waals surface area contributed by atoms with Gasteiger partial charge in [-0.2, -0.15) is 0 Å². The van der Waals surface area contributed by atoms with E-state index in [9.17, 15) is 14.4 Å². The zero-order valence-electron chi connectivity index (χ0n) is 19.6. The summed E-state index contributed by atoms with van der Waals surface area (Å²) in [6.45, 7) is 7.48. The van der Waals surface area contributed by atoms with E-state index in [0.29, 0.717) is 12.2 Å². The van der Waals surface area contributed by atoms with Gasteiger partial charge in [-0.3, -0.25) is 9.59 Å². The van der Waals surface area contributed by atoms with E-state index in [1.54, 1.807) is 13.8 Å². The van der Waals surface area contributed by atoms with Gasteiger partial charge >= 0.3 is 6.09 Å². The van der Waals surface area contributed by atoms with Gasteiger partial charge in [-0.1, -0.05) is 44.2 Å². The number of nitrogens with one attached hydrogen (secondary N) is 2. The lowest BCUT2D eigenvalue weighted by atomic mass is 9.80. The van der Waals surface area contributed by atoms with E-state index in [-0.39, 0.29) is 23.6 Å². The molecular formula is C25H32N2O6. The van der Waals surface area contributed by atoms with Crippen molar-refractivity contribution in [3.8, 4) is 5.75 Å². The van der Waals surface area contributed by atoms with Crippen LogP contribution in [-0.2, 0) is 20.7 Å². The number of ketones is 1. The number of rotatable bonds is 9. The number of carbonyl (C=O) groups excluding carboxylic acids is 3. The van der Waals surface area contributed by atoms with Gasteiger partial charge < -0.3 is 24.5 Å². The minimum absolute atomic E-state index is 0.0331. The van der Waals surface area contributed by atoms with Crippen molar-refractivity contribution >= 4 is 17.8 Å². The summed E-state index contributed by atoms with van der Waals surface area (Å²) in [6, 6.07) is 10.0. The molecule has 3 rings (SSSR count). The van der Waals surface area contributed by atoms with Gasteiger partial charge in [0.05, 0.1) is 12.4 Å². The van der Waals surface area contributed by atoms with Crippen LogP contribution in [-0.4, -0.2) is 42.6 Å². The van der Waals surface area contributed by atoms with Crippen LogP contribution in [0.15, 0.2) is 47.1 Å². The maximum atomic E-state index is 13.1. The highest BCUT2D eigenvalue weighted by atomic mass is 16.6. The van der Waals surface area contributed by atoms with Gasteiger partial charge in [0, 0.05) is 6.07 Å². The average molecular weight is 457 g/mol. The molecule has 1 saturated heterocycles. The average Bonchev–Trinajstić information content (AvgIpc) is 3.32. The molecule has 1 fully saturated rings. The lowest BCUT2D eigenvalue weighted by Crippen LogP contribution is -2.54. The fourth-order valence-corrected chi connectivity index (χ4v) is 3.86. The van der Waals surface area contributed by atoms with Crippen molar-refractivity contribution in [3.63, 3.8) is 0 Å². The highest BCUT2D eigenvalue weighted by Gasteiger charge is 2.37. The maximum absolute atomic E-state index is 13.1. The van der Waals surface area contributed by atoms with Crippen molar-refractivity contribution in [3.05, 3.63) is 54.0 Å². The summed E-state index contributed by atoms with van der Waals surface area (Å²) in [7, 11) is 0. The highest BCUT2D eigenvalue weighted by molar-refractivity contribution is 5.94. The number of furan rings is 1. The van der Waals surface area contributed by atoms with Crippen LogP contribution in [0, 0.1) is 12.3 Å². The zero-order valence-corrected chi connectivity index (χ0v) is 19.6. The Morgan fingerprint density at radius 2 is 1.94 bits per heavy atom. The standard InChI is InChI=1S/C25H32N2O6/c1-16-21(11-13-31-16)33-24(30)26-19(23(29)27-22-17(2)32-15-20(22)28)14-25(3,4)12-10-18-8-6-5-7-9-18/h5-9,11,13,17,19,22H,10,12,14-15H2,1-4H3,(H,26,30)(H,27,29)/t17-,19-,22-/m0/s1. The van der Waals surface area contributed by atoms with Crippen LogP contribution in [0.1, 0.15) is 44.9 Å². The molecule has 3 atom stereocenters. The Kier molecular flexibility index (Phi) is 7.92. The summed E-state index contributed by atoms with van der Waals surface area (Å²) in [5.41, 5.74) is 0.926. The van der Waals surface area contributed by atoms with Crippen LogP contribution in [0.3, 0.4) is 0 Å². The van der Waals surface area contributed by atoms with E-state index < -0.39 is 30.2 Å². The fourth-order valence-electron chi connectivity index (χ4n) is 3.86. The van der Waals surface area contributed by atoms with Crippen LogP contribution >= 0.6 is 0 Å². The molecule has 1 aromatic heterocycles. The van der Waals surface area contributed by atoms with Gasteiger partial charge in [0.25, 0.3) is 0 Å². The quantitative estimate of drug-likeness (QED) is 0.597. The van der Waals surface area contributed by atoms with Crippen molar-refractivity contribution in [2.75, 3.05) is 6.61 Å². The van der Waals surface area contributed by atoms with E-state index in [1.165, 1.54) is 17.9 Å². The van der Waals surface area contributed by atoms with Crippen molar-refractivity contribution in [2.24, 2.45) is 5.41 Å². The first-order valence-corrected chi connectivity index (χ1v) is 11.2. The van der Waals surface area contributed by atoms with Gasteiger partial charge in [-0.15, -0.1) is 0 Å². The first kappa shape index (κ1) is 24.5. The highest BCUT2D eigenvalue weighted by Crippen LogP contribution is 2.29. The molecular weight excluding hydrogens is 424 g/mol. The van der Waals surface area contributed by atoms with Crippen LogP contribution in [0.4, 0.5) is 4.79 Å². The topological polar surface area (TPSA) is 107 Å². The second-order valence-corrected chi connectivity index (χ2v) is 9.25. The molecule has 2 heterocycles. The minimum atomic E-state index is -0.893. The van der Waals surface area contributed by atoms with Crippen molar-refractivity contribution < 1.29 is 28.3 Å². The van der Waals surface area contributed by atoms with E-state index in [4.69, 9.17) is 13.9 Å². The number of hydrogen-bond acceptors (Lipinski definition) is 6. The van der Waals surface area contributed by atoms with Crippen LogP contribution in [0.2, 0.25) is 0 Å². The fraction of sp³-hybridized carbons (Fsp3) is 0.480. The Morgan fingerprint density at radius 3 is 2.55 bits per heavy atom. The first-order chi connectivity index (χ1) is 15.6. The van der Waals surface area contributed by atoms with Crippen molar-refractivity contribution in [2.45, 2.75) is 65.1 Å². The molecule has 0 saturated carbocycles. The summed E-state index contributed by atoms with van der Waals surface area (Å²) < 4.78 is 15.8. The molecule has 1 aliphatic heterocycles. The molecule has 178 valence electrons. The van der Waals surface area contributed by atoms with Gasteiger partial charge in [0.2, 0.25) is 5.91 Å². The second kappa shape index (κ2) is 10.7. The number of ether oxygens (including phenoxy) is 2. The number of amides is 2. The smallest absolute Gasteiger partial charge is 0.413 e. The number of hydrogen-bond donors (Lipinski definition) is 2. The number of benzene rings is 1. The van der Waals surface area contributed by atoms with E-state index in [1.807, 2.05) is 18.2 Å². The van der Waals surface area contributed by atoms with Crippen molar-refractivity contribution in [1.82, 2.24) is 10.6 Å². The zero-order chi connectivity index (χ0) is 24.0. The molecule has 33 heavy (non-hydrogen) atoms. The molecule has 1 aromatic carbocycles. The van der Waals surface area contributed by atoms with E-state index >= 15 is 0 Å². The summed E-state index contributed by atoms with van der Waals surface area (Å²) in [4.78, 5) is 37.8. The Balaban J connectivity index is 1.69. The molecule has 2 aromatic rings. The third-order valence-electron chi connectivity index (χ3n) is 5.91. The van der Waals surface area contributed by atoms with Crippen LogP contribution < -0.4 is 15.4 Å². The summed E-state index contributed by atoms with van der Waals surface area (Å²) in [6.07, 6.45) is 2.24. The molecule has 2 amide bonds. The van der Waals surface area contributed by atoms with E-state index in [0.717, 1.165) is 12.8 Å². The largest absolute Gasteiger partial charge is 0.466 e. The maximum Gasteiger partial charge on any atom is 0.413 e. The molecule has 0 bridgehead atoms. The van der Waals surface area contributed by atoms with Gasteiger partial charge in [0.1, 0.15) is 24.5 Å². The van der Waals surface area contributed by atoms with Gasteiger partial charge in [-0.25, -0.2) is 4.79 Å². The summed E-state index contributed by atoms with van der Waals surface area (Å²) >= 11 is 0. The first-order valence-electron chi connectivity index (χ1n) is 11.2. The monoisotopic (exact) mass is 456 g/mol. The Bertz CT molecular complexity index is 968. The molecule has 8 heteroatoms. The molecule has 2 N–H and O–H groups in total. The second-order valence-electron chi connectivity index (χ2n) is 9.25. The van der Waals surface area contributed by atoms with Crippen LogP contribution in [0.25, 0.3) is 0 Å². The van der Waals surface area contributed by atoms with Gasteiger partial charge in [0.15, 0.2) is 11.5 Å². The number of Topliss-reactive ketones (excluding diaryl/α,β-unsaturated/α-hetero) is 1. The molecule has 0 unspecified atom stereocenters. The van der Waals surface area contributed by atoms with E-state index in [2.05, 4.69) is 36.6 Å². The van der Waals surface area contributed by atoms with Crippen LogP contribution in [0.5, 0.6) is 5.75 Å². The minimum Gasteiger partial charge on any atom is -0.466 e. The molecule has 1 aliphatic rings. The lowest BCUT2D eigenvalue weighted by Gasteiger charge is -2.30. The number of carbonyl (C=O) groups is 3. The summed E-state index contributed by atoms with van der Waals surface area (Å²) in [5.74, 6) is 0.105. The van der Waals surface area contributed by atoms with Crippen molar-refractivity contribution in [1.29, 1.82) is 0 Å². The Morgan fingerprint density at radius 1 is 1.21 bits per heavy atom. The summed E-state index contributed by atoms with van der Waals surface area (Å²) in [5, 5.41) is 5.42. The third-order valence-corrected chi connectivity index (χ3v) is 5.91. The normalized spacial score (nSPS) is 19.2. The molecule has 0 aliphatic carbocycles. The van der Waals surface area contributed by atoms with Gasteiger partial charge in [-0.05, 0) is 44.1 Å². The SMILES string of the molecule is Cc1occc1OC(=O)N[C@@H](CC(C)(C)CCc1ccccc1)C(=O)N[C@@H]1C(=O)CO[C@H]1C. The lowest BCUT2D eigenvalue weighted by molar-refractivity contribution is -0.128. The molecule has 0 radical (unpaired) electrons. The number of aryl methyl sites for hydroxylation is 2. The molecule has 8 nitrogen and oxygen atoms in total. The molecule has 0 spiro atoms. The predicted octanol–water partition coefficient (Wildman–Crippen LogP) is 3.57.